The molecule has 0 aliphatic rings. The highest BCUT2D eigenvalue weighted by atomic mass is 16.2. The molecular formula is C11H18N4O3. The van der Waals surface area contributed by atoms with Crippen molar-refractivity contribution in [2.45, 2.75) is 25.7 Å². The molecule has 0 aliphatic heterocycles. The third-order valence-corrected chi connectivity index (χ3v) is 2.47. The van der Waals surface area contributed by atoms with Crippen LogP contribution in [0.25, 0.3) is 0 Å². The largest absolute Gasteiger partial charge is 0.337 e. The molecule has 1 heterocycles. The second-order valence-corrected chi connectivity index (χ2v) is 3.89. The molecular weight excluding hydrogens is 236 g/mol. The molecule has 0 saturated heterocycles. The molecule has 0 unspecified atom stereocenters. The Kier molecular flexibility index (Phi) is 5.86. The lowest BCUT2D eigenvalue weighted by Crippen LogP contribution is -2.44. The van der Waals surface area contributed by atoms with Gasteiger partial charge in [0.1, 0.15) is 0 Å². The highest BCUT2D eigenvalue weighted by Gasteiger charge is 2.08. The summed E-state index contributed by atoms with van der Waals surface area (Å²) in [7, 11) is 0. The van der Waals surface area contributed by atoms with Gasteiger partial charge in [-0.25, -0.2) is 9.59 Å². The zero-order valence-corrected chi connectivity index (χ0v) is 10.1. The maximum absolute atomic E-state index is 11.6. The number of nitrogens with zero attached hydrogens (tertiary/aromatic N) is 1. The van der Waals surface area contributed by atoms with Gasteiger partial charge >= 0.3 is 11.7 Å². The number of carbonyl (C=O) groups is 1. The van der Waals surface area contributed by atoms with E-state index < -0.39 is 17.3 Å². The SMILES string of the molecule is NCCCCCCNC(=O)n1c(=O)cc[nH]c1=O. The summed E-state index contributed by atoms with van der Waals surface area (Å²) in [5, 5.41) is 2.53. The summed E-state index contributed by atoms with van der Waals surface area (Å²) in [4.78, 5) is 36.5. The Bertz CT molecular complexity index is 463. The van der Waals surface area contributed by atoms with Crippen molar-refractivity contribution < 1.29 is 4.79 Å². The van der Waals surface area contributed by atoms with Crippen LogP contribution < -0.4 is 22.3 Å². The number of hydrogen-bond acceptors (Lipinski definition) is 4. The molecule has 0 aromatic carbocycles. The van der Waals surface area contributed by atoms with Gasteiger partial charge in [0.05, 0.1) is 0 Å². The van der Waals surface area contributed by atoms with Crippen LogP contribution in [-0.4, -0.2) is 28.7 Å². The molecule has 1 aromatic rings. The first-order valence-electron chi connectivity index (χ1n) is 5.96. The van der Waals surface area contributed by atoms with Gasteiger partial charge in [0.2, 0.25) is 0 Å². The summed E-state index contributed by atoms with van der Waals surface area (Å²) in [5.41, 5.74) is 3.98. The van der Waals surface area contributed by atoms with E-state index in [-0.39, 0.29) is 0 Å². The average Bonchev–Trinajstić information content (AvgIpc) is 2.33. The fourth-order valence-electron chi connectivity index (χ4n) is 1.51. The highest BCUT2D eigenvalue weighted by molar-refractivity contribution is 5.76. The molecule has 4 N–H and O–H groups in total. The number of hydrogen-bond donors (Lipinski definition) is 3. The molecule has 1 amide bonds. The predicted molar refractivity (Wildman–Crippen MR) is 67.6 cm³/mol. The lowest BCUT2D eigenvalue weighted by molar-refractivity contribution is 0.240. The van der Waals surface area contributed by atoms with Crippen molar-refractivity contribution in [2.24, 2.45) is 5.73 Å². The van der Waals surface area contributed by atoms with E-state index in [1.165, 1.54) is 6.20 Å². The fraction of sp³-hybridized carbons (Fsp3) is 0.545. The third kappa shape index (κ3) is 4.17. The fourth-order valence-corrected chi connectivity index (χ4v) is 1.51. The summed E-state index contributed by atoms with van der Waals surface area (Å²) >= 11 is 0. The Balaban J connectivity index is 2.42. The van der Waals surface area contributed by atoms with E-state index in [1.807, 2.05) is 0 Å². The maximum atomic E-state index is 11.6. The number of unbranched alkanes of at least 4 members (excludes halogenated alkanes) is 3. The van der Waals surface area contributed by atoms with Crippen LogP contribution in [0.3, 0.4) is 0 Å². The molecule has 7 heteroatoms. The van der Waals surface area contributed by atoms with Crippen molar-refractivity contribution in [3.8, 4) is 0 Å². The van der Waals surface area contributed by atoms with E-state index in [1.54, 1.807) is 0 Å². The standard InChI is InChI=1S/C11H18N4O3/c12-6-3-1-2-4-7-13-10(17)15-9(16)5-8-14-11(15)18/h5,8H,1-4,6-7,12H2,(H,13,17)(H,14,18). The van der Waals surface area contributed by atoms with Crippen LogP contribution in [0.4, 0.5) is 4.79 Å². The lowest BCUT2D eigenvalue weighted by atomic mass is 10.2. The van der Waals surface area contributed by atoms with Crippen LogP contribution >= 0.6 is 0 Å². The summed E-state index contributed by atoms with van der Waals surface area (Å²) < 4.78 is 0.542. The normalized spacial score (nSPS) is 10.3. The highest BCUT2D eigenvalue weighted by Crippen LogP contribution is 1.96. The van der Waals surface area contributed by atoms with Gasteiger partial charge in [0.15, 0.2) is 0 Å². The first-order valence-corrected chi connectivity index (χ1v) is 5.96. The molecule has 1 rings (SSSR count). The summed E-state index contributed by atoms with van der Waals surface area (Å²) in [5.74, 6) is 0. The number of nitrogens with two attached hydrogens (primary N) is 1. The smallest absolute Gasteiger partial charge is 0.336 e. The zero-order valence-electron chi connectivity index (χ0n) is 10.1. The van der Waals surface area contributed by atoms with E-state index in [0.717, 1.165) is 31.7 Å². The van der Waals surface area contributed by atoms with Crippen LogP contribution in [0.1, 0.15) is 25.7 Å². The molecule has 7 nitrogen and oxygen atoms in total. The Labute approximate surface area is 104 Å². The zero-order chi connectivity index (χ0) is 13.4. The van der Waals surface area contributed by atoms with E-state index in [9.17, 15) is 14.4 Å². The molecule has 1 aromatic heterocycles. The lowest BCUT2D eigenvalue weighted by Gasteiger charge is -2.05. The predicted octanol–water partition coefficient (Wildman–Crippen LogP) is -0.387. The number of amides is 1. The Morgan fingerprint density at radius 2 is 2.00 bits per heavy atom. The number of rotatable bonds is 6. The minimum atomic E-state index is -0.733. The van der Waals surface area contributed by atoms with Crippen molar-refractivity contribution in [3.63, 3.8) is 0 Å². The third-order valence-electron chi connectivity index (χ3n) is 2.47. The first-order chi connectivity index (χ1) is 8.66. The Hall–Kier alpha value is -1.89. The van der Waals surface area contributed by atoms with Crippen LogP contribution in [0.2, 0.25) is 0 Å². The molecule has 0 atom stereocenters. The molecule has 100 valence electrons. The van der Waals surface area contributed by atoms with E-state index >= 15 is 0 Å². The van der Waals surface area contributed by atoms with E-state index in [0.29, 0.717) is 17.7 Å². The number of H-pyrrole nitrogens is 1. The maximum Gasteiger partial charge on any atom is 0.336 e. The van der Waals surface area contributed by atoms with Gasteiger partial charge in [-0.2, -0.15) is 4.57 Å². The second kappa shape index (κ2) is 7.44. The van der Waals surface area contributed by atoms with E-state index in [2.05, 4.69) is 10.3 Å². The molecule has 0 spiro atoms. The minimum Gasteiger partial charge on any atom is -0.337 e. The number of aromatic amines is 1. The van der Waals surface area contributed by atoms with Crippen molar-refractivity contribution in [2.75, 3.05) is 13.1 Å². The second-order valence-electron chi connectivity index (χ2n) is 3.89. The van der Waals surface area contributed by atoms with Crippen LogP contribution in [0.5, 0.6) is 0 Å². The summed E-state index contributed by atoms with van der Waals surface area (Å²) in [6, 6.07) is 0.433. The Morgan fingerprint density at radius 3 is 2.67 bits per heavy atom. The summed E-state index contributed by atoms with van der Waals surface area (Å²) in [6.45, 7) is 1.10. The molecule has 0 aliphatic carbocycles. The molecule has 0 fully saturated rings. The minimum absolute atomic E-state index is 0.435. The molecule has 0 radical (unpaired) electrons. The van der Waals surface area contributed by atoms with Crippen LogP contribution in [-0.2, 0) is 0 Å². The monoisotopic (exact) mass is 254 g/mol. The van der Waals surface area contributed by atoms with Gasteiger partial charge < -0.3 is 16.0 Å². The van der Waals surface area contributed by atoms with Gasteiger partial charge in [-0.3, -0.25) is 4.79 Å². The van der Waals surface area contributed by atoms with Gasteiger partial charge in [-0.15, -0.1) is 0 Å². The molecule has 0 bridgehead atoms. The summed E-state index contributed by atoms with van der Waals surface area (Å²) in [6.07, 6.45) is 4.94. The van der Waals surface area contributed by atoms with Crippen molar-refractivity contribution in [1.29, 1.82) is 0 Å². The number of nitrogens with one attached hydrogen (secondary N) is 2. The van der Waals surface area contributed by atoms with Gasteiger partial charge in [-0.05, 0) is 19.4 Å². The molecule has 18 heavy (non-hydrogen) atoms. The first kappa shape index (κ1) is 14.2. The van der Waals surface area contributed by atoms with Crippen LogP contribution in [0, 0.1) is 0 Å². The molecule has 0 saturated carbocycles. The topological polar surface area (TPSA) is 110 Å². The quantitative estimate of drug-likeness (QED) is 0.600. The van der Waals surface area contributed by atoms with Gasteiger partial charge in [0.25, 0.3) is 5.56 Å². The van der Waals surface area contributed by atoms with Gasteiger partial charge in [-0.1, -0.05) is 12.8 Å². The number of carbonyl (C=O) groups excluding carboxylic acids is 1. The van der Waals surface area contributed by atoms with Crippen molar-refractivity contribution in [1.82, 2.24) is 14.9 Å². The van der Waals surface area contributed by atoms with E-state index in [4.69, 9.17) is 5.73 Å². The van der Waals surface area contributed by atoms with Gasteiger partial charge in [0, 0.05) is 18.8 Å². The Morgan fingerprint density at radius 1 is 1.28 bits per heavy atom. The average molecular weight is 254 g/mol. The number of aromatic nitrogens is 2. The van der Waals surface area contributed by atoms with Crippen LogP contribution in [0.15, 0.2) is 21.9 Å². The van der Waals surface area contributed by atoms with Crippen molar-refractivity contribution >= 4 is 6.03 Å². The van der Waals surface area contributed by atoms with Crippen molar-refractivity contribution in [3.05, 3.63) is 33.1 Å².